The van der Waals surface area contributed by atoms with E-state index in [1.807, 2.05) is 13.0 Å². The number of aromatic carboxylic acids is 1. The second-order valence-corrected chi connectivity index (χ2v) is 10.0. The number of piperidine rings is 1. The van der Waals surface area contributed by atoms with Crippen LogP contribution in [-0.2, 0) is 0 Å². The number of benzene rings is 1. The van der Waals surface area contributed by atoms with Gasteiger partial charge in [-0.15, -0.1) is 0 Å². The molecule has 1 aromatic carbocycles. The monoisotopic (exact) mass is 498 g/mol. The van der Waals surface area contributed by atoms with E-state index in [9.17, 15) is 14.7 Å². The molecule has 2 N–H and O–H groups in total. The van der Waals surface area contributed by atoms with E-state index in [1.54, 1.807) is 36.5 Å². The number of para-hydroxylation sites is 1. The van der Waals surface area contributed by atoms with Crippen LogP contribution in [0.2, 0.25) is 0 Å². The van der Waals surface area contributed by atoms with Gasteiger partial charge in [-0.25, -0.2) is 9.78 Å². The molecule has 1 aliphatic heterocycles. The number of halogens is 1. The third-order valence-electron chi connectivity index (χ3n) is 6.18. The first-order valence-corrected chi connectivity index (χ1v) is 11.5. The summed E-state index contributed by atoms with van der Waals surface area (Å²) in [7, 11) is 0. The number of carboxylic acid groups (broad SMARTS) is 1. The Bertz CT molecular complexity index is 1230. The van der Waals surface area contributed by atoms with Crippen LogP contribution in [0.5, 0.6) is 0 Å². The number of aromatic nitrogens is 2. The minimum absolute atomic E-state index is 0.143. The summed E-state index contributed by atoms with van der Waals surface area (Å²) >= 11 is 3.50. The summed E-state index contributed by atoms with van der Waals surface area (Å²) in [5.74, 6) is -0.309. The Morgan fingerprint density at radius 3 is 2.59 bits per heavy atom. The van der Waals surface area contributed by atoms with Crippen molar-refractivity contribution in [2.45, 2.75) is 39.7 Å². The van der Waals surface area contributed by atoms with E-state index < -0.39 is 5.97 Å². The predicted molar refractivity (Wildman–Crippen MR) is 130 cm³/mol. The number of nitrogens with one attached hydrogen (secondary N) is 1. The van der Waals surface area contributed by atoms with Crippen molar-refractivity contribution in [3.8, 4) is 0 Å². The molecule has 0 unspecified atom stereocenters. The molecule has 3 heterocycles. The largest absolute Gasteiger partial charge is 0.478 e. The summed E-state index contributed by atoms with van der Waals surface area (Å²) in [6, 6.07) is 10.0. The normalized spacial score (nSPS) is 16.7. The van der Waals surface area contributed by atoms with Gasteiger partial charge in [-0.05, 0) is 59.3 Å². The minimum atomic E-state index is -0.996. The fourth-order valence-corrected chi connectivity index (χ4v) is 4.56. The smallest absolute Gasteiger partial charge is 0.337 e. The van der Waals surface area contributed by atoms with Crippen molar-refractivity contribution in [1.82, 2.24) is 9.38 Å². The summed E-state index contributed by atoms with van der Waals surface area (Å²) in [5, 5.41) is 12.8. The van der Waals surface area contributed by atoms with Gasteiger partial charge in [-0.3, -0.25) is 9.20 Å². The average Bonchev–Trinajstić information content (AvgIpc) is 2.74. The molecule has 2 aromatic heterocycles. The zero-order valence-corrected chi connectivity index (χ0v) is 20.0. The van der Waals surface area contributed by atoms with Crippen LogP contribution in [0.4, 0.5) is 11.5 Å². The van der Waals surface area contributed by atoms with Crippen LogP contribution in [0.1, 0.15) is 55.6 Å². The number of pyridine rings is 1. The number of anilines is 2. The quantitative estimate of drug-likeness (QED) is 0.517. The molecule has 0 saturated carbocycles. The number of carbonyl (C=O) groups is 1. The predicted octanol–water partition coefficient (Wildman–Crippen LogP) is 4.95. The Hall–Kier alpha value is -2.87. The van der Waals surface area contributed by atoms with Crippen LogP contribution in [0.3, 0.4) is 0 Å². The summed E-state index contributed by atoms with van der Waals surface area (Å²) in [6.45, 7) is 8.20. The van der Waals surface area contributed by atoms with Gasteiger partial charge in [0, 0.05) is 41.1 Å². The molecular weight excluding hydrogens is 472 g/mol. The van der Waals surface area contributed by atoms with E-state index in [4.69, 9.17) is 4.98 Å². The Balaban J connectivity index is 1.75. The van der Waals surface area contributed by atoms with E-state index in [1.165, 1.54) is 4.40 Å². The zero-order chi connectivity index (χ0) is 23.0. The van der Waals surface area contributed by atoms with Crippen molar-refractivity contribution in [1.29, 1.82) is 0 Å². The first-order chi connectivity index (χ1) is 15.1. The average molecular weight is 499 g/mol. The number of nitrogens with zero attached hydrogens (tertiary/aromatic N) is 3. The molecule has 8 heteroatoms. The van der Waals surface area contributed by atoms with E-state index >= 15 is 0 Å². The van der Waals surface area contributed by atoms with Crippen LogP contribution < -0.4 is 15.8 Å². The fraction of sp³-hybridized carbons (Fsp3) is 0.375. The molecule has 32 heavy (non-hydrogen) atoms. The Kier molecular flexibility index (Phi) is 5.99. The Morgan fingerprint density at radius 1 is 1.22 bits per heavy atom. The van der Waals surface area contributed by atoms with Crippen LogP contribution >= 0.6 is 15.9 Å². The van der Waals surface area contributed by atoms with Gasteiger partial charge in [-0.1, -0.05) is 26.0 Å². The van der Waals surface area contributed by atoms with Gasteiger partial charge < -0.3 is 15.3 Å². The lowest BCUT2D eigenvalue weighted by atomic mass is 9.83. The summed E-state index contributed by atoms with van der Waals surface area (Å²) < 4.78 is 2.29. The van der Waals surface area contributed by atoms with Gasteiger partial charge in [-0.2, -0.15) is 0 Å². The maximum absolute atomic E-state index is 13.0. The molecule has 1 aliphatic rings. The third kappa shape index (κ3) is 4.50. The standard InChI is InChI=1S/C24H27BrN4O3/c1-15(26-19-7-5-4-6-17(19)23(31)32)18-12-16(25)14-29-21(30)13-20(27-22(18)29)28-10-8-24(2,3)9-11-28/h4-7,12-15,26H,8-11H2,1-3H3,(H,31,32)/t15-/m1/s1. The Morgan fingerprint density at radius 2 is 1.91 bits per heavy atom. The van der Waals surface area contributed by atoms with Crippen LogP contribution in [0.15, 0.2) is 51.9 Å². The van der Waals surface area contributed by atoms with Crippen molar-refractivity contribution < 1.29 is 9.90 Å². The molecule has 0 amide bonds. The van der Waals surface area contributed by atoms with Crippen LogP contribution in [0, 0.1) is 5.41 Å². The molecule has 3 aromatic rings. The van der Waals surface area contributed by atoms with E-state index in [2.05, 4.69) is 40.0 Å². The number of carboxylic acids is 1. The second-order valence-electron chi connectivity index (χ2n) is 9.13. The van der Waals surface area contributed by atoms with Crippen molar-refractivity contribution in [2.75, 3.05) is 23.3 Å². The highest BCUT2D eigenvalue weighted by Crippen LogP contribution is 2.32. The van der Waals surface area contributed by atoms with Gasteiger partial charge in [0.2, 0.25) is 0 Å². The molecule has 0 radical (unpaired) electrons. The van der Waals surface area contributed by atoms with Crippen molar-refractivity contribution >= 4 is 39.1 Å². The topological polar surface area (TPSA) is 86.9 Å². The molecule has 7 nitrogen and oxygen atoms in total. The second kappa shape index (κ2) is 8.58. The van der Waals surface area contributed by atoms with E-state index in [0.29, 0.717) is 22.6 Å². The number of fused-ring (bicyclic) bond motifs is 1. The number of rotatable bonds is 5. The molecule has 0 bridgehead atoms. The van der Waals surface area contributed by atoms with Crippen molar-refractivity contribution in [2.24, 2.45) is 5.41 Å². The maximum Gasteiger partial charge on any atom is 0.337 e. The Labute approximate surface area is 195 Å². The van der Waals surface area contributed by atoms with Crippen LogP contribution in [-0.4, -0.2) is 33.6 Å². The van der Waals surface area contributed by atoms with Gasteiger partial charge in [0.15, 0.2) is 0 Å². The highest BCUT2D eigenvalue weighted by Gasteiger charge is 2.27. The van der Waals surface area contributed by atoms with Gasteiger partial charge >= 0.3 is 5.97 Å². The third-order valence-corrected chi connectivity index (χ3v) is 6.61. The highest BCUT2D eigenvalue weighted by molar-refractivity contribution is 9.10. The molecule has 168 valence electrons. The van der Waals surface area contributed by atoms with Gasteiger partial charge in [0.1, 0.15) is 11.5 Å². The molecular formula is C24H27BrN4O3. The first kappa shape index (κ1) is 22.3. The lowest BCUT2D eigenvalue weighted by Crippen LogP contribution is -2.38. The van der Waals surface area contributed by atoms with E-state index in [0.717, 1.165) is 36.0 Å². The lowest BCUT2D eigenvalue weighted by molar-refractivity contribution is 0.0698. The summed E-state index contributed by atoms with van der Waals surface area (Å²) in [6.07, 6.45) is 3.81. The highest BCUT2D eigenvalue weighted by atomic mass is 79.9. The van der Waals surface area contributed by atoms with Crippen molar-refractivity contribution in [3.05, 3.63) is 68.5 Å². The number of hydrogen-bond donors (Lipinski definition) is 2. The maximum atomic E-state index is 13.0. The lowest BCUT2D eigenvalue weighted by Gasteiger charge is -2.37. The molecule has 0 aliphatic carbocycles. The molecule has 1 fully saturated rings. The fourth-order valence-electron chi connectivity index (χ4n) is 4.11. The van der Waals surface area contributed by atoms with E-state index in [-0.39, 0.29) is 17.2 Å². The van der Waals surface area contributed by atoms with Crippen LogP contribution in [0.25, 0.3) is 5.65 Å². The molecule has 4 rings (SSSR count). The zero-order valence-electron chi connectivity index (χ0n) is 18.4. The number of hydrogen-bond acceptors (Lipinski definition) is 5. The molecule has 0 spiro atoms. The summed E-state index contributed by atoms with van der Waals surface area (Å²) in [4.78, 5) is 31.6. The SMILES string of the molecule is C[C@@H](Nc1ccccc1C(=O)O)c1cc(Br)cn2c(=O)cc(N3CCC(C)(C)CC3)nc12. The molecule has 1 saturated heterocycles. The molecule has 1 atom stereocenters. The van der Waals surface area contributed by atoms with Crippen molar-refractivity contribution in [3.63, 3.8) is 0 Å². The first-order valence-electron chi connectivity index (χ1n) is 10.7. The summed E-state index contributed by atoms with van der Waals surface area (Å²) in [5.41, 5.74) is 2.23. The van der Waals surface area contributed by atoms with Gasteiger partial charge in [0.25, 0.3) is 5.56 Å². The minimum Gasteiger partial charge on any atom is -0.478 e. The van der Waals surface area contributed by atoms with Gasteiger partial charge in [0.05, 0.1) is 11.6 Å².